The van der Waals surface area contributed by atoms with Crippen molar-refractivity contribution in [3.8, 4) is 0 Å². The maximum atomic E-state index is 11.6. The summed E-state index contributed by atoms with van der Waals surface area (Å²) in [7, 11) is 0. The van der Waals surface area contributed by atoms with E-state index in [4.69, 9.17) is 16.4 Å². The number of carbonyl (C=O) groups is 2. The molecule has 0 aliphatic carbocycles. The Morgan fingerprint density at radius 3 is 2.83 bits per heavy atom. The largest absolute Gasteiger partial charge is 0.355 e. The summed E-state index contributed by atoms with van der Waals surface area (Å²) in [6, 6.07) is 12.6. The lowest BCUT2D eigenvalue weighted by Crippen LogP contribution is -2.28. The first-order chi connectivity index (χ1) is 11.5. The summed E-state index contributed by atoms with van der Waals surface area (Å²) < 4.78 is 0. The monoisotopic (exact) mass is 344 g/mol. The summed E-state index contributed by atoms with van der Waals surface area (Å²) in [6.45, 7) is 1.93. The molecule has 1 aromatic heterocycles. The molecule has 0 saturated carbocycles. The van der Waals surface area contributed by atoms with Crippen LogP contribution in [0.15, 0.2) is 60.8 Å². The summed E-state index contributed by atoms with van der Waals surface area (Å²) in [5, 5.41) is 0.636. The number of allylic oxidation sites excluding steroid dienone is 1. The van der Waals surface area contributed by atoms with Crippen LogP contribution >= 0.6 is 11.6 Å². The standard InChI is InChI=1S/C18H17ClN2O3/c1-13(14-5-4-6-15(19)11-14)8-9-18(23)24-21-17(22)12-16-7-2-3-10-20-16/h2-11,13H,12H2,1H3,(H,21,22). The van der Waals surface area contributed by atoms with Gasteiger partial charge in [-0.05, 0) is 35.7 Å². The summed E-state index contributed by atoms with van der Waals surface area (Å²) in [4.78, 5) is 32.0. The Bertz CT molecular complexity index is 732. The maximum absolute atomic E-state index is 11.6. The summed E-state index contributed by atoms with van der Waals surface area (Å²) in [5.41, 5.74) is 3.67. The van der Waals surface area contributed by atoms with Crippen molar-refractivity contribution in [3.05, 3.63) is 77.1 Å². The highest BCUT2D eigenvalue weighted by Crippen LogP contribution is 2.20. The van der Waals surface area contributed by atoms with Crippen LogP contribution in [0.2, 0.25) is 5.02 Å². The second-order valence-corrected chi connectivity index (χ2v) is 5.58. The fraction of sp³-hybridized carbons (Fsp3) is 0.167. The third-order valence-electron chi connectivity index (χ3n) is 3.23. The molecule has 0 radical (unpaired) electrons. The zero-order valence-corrected chi connectivity index (χ0v) is 13.9. The van der Waals surface area contributed by atoms with Crippen molar-refractivity contribution in [1.82, 2.24) is 10.5 Å². The van der Waals surface area contributed by atoms with Crippen LogP contribution < -0.4 is 5.48 Å². The second kappa shape index (κ2) is 8.84. The number of aromatic nitrogens is 1. The number of rotatable bonds is 5. The Kier molecular flexibility index (Phi) is 6.51. The van der Waals surface area contributed by atoms with E-state index in [0.29, 0.717) is 10.7 Å². The van der Waals surface area contributed by atoms with Gasteiger partial charge < -0.3 is 4.84 Å². The van der Waals surface area contributed by atoms with E-state index in [1.807, 2.05) is 25.1 Å². The van der Waals surface area contributed by atoms with E-state index < -0.39 is 11.9 Å². The first kappa shape index (κ1) is 17.7. The van der Waals surface area contributed by atoms with Gasteiger partial charge in [-0.2, -0.15) is 5.48 Å². The van der Waals surface area contributed by atoms with Gasteiger partial charge in [-0.25, -0.2) is 4.79 Å². The van der Waals surface area contributed by atoms with Crippen LogP contribution in [0, 0.1) is 0 Å². The molecule has 24 heavy (non-hydrogen) atoms. The molecule has 5 nitrogen and oxygen atoms in total. The molecule has 0 fully saturated rings. The van der Waals surface area contributed by atoms with Gasteiger partial charge in [0.1, 0.15) is 0 Å². The van der Waals surface area contributed by atoms with Crippen molar-refractivity contribution in [2.24, 2.45) is 0 Å². The topological polar surface area (TPSA) is 68.3 Å². The van der Waals surface area contributed by atoms with Crippen molar-refractivity contribution >= 4 is 23.5 Å². The molecule has 2 aromatic rings. The van der Waals surface area contributed by atoms with E-state index in [1.165, 1.54) is 6.08 Å². The Morgan fingerprint density at radius 1 is 1.29 bits per heavy atom. The predicted octanol–water partition coefficient (Wildman–Crippen LogP) is 3.21. The van der Waals surface area contributed by atoms with E-state index in [1.54, 1.807) is 36.5 Å². The van der Waals surface area contributed by atoms with Gasteiger partial charge in [-0.15, -0.1) is 0 Å². The minimum absolute atomic E-state index is 0.0135. The highest BCUT2D eigenvalue weighted by Gasteiger charge is 2.07. The van der Waals surface area contributed by atoms with Crippen LogP contribution in [-0.4, -0.2) is 16.9 Å². The highest BCUT2D eigenvalue weighted by molar-refractivity contribution is 6.30. The van der Waals surface area contributed by atoms with Crippen LogP contribution in [0.5, 0.6) is 0 Å². The lowest BCUT2D eigenvalue weighted by atomic mass is 10.0. The number of amides is 1. The fourth-order valence-corrected chi connectivity index (χ4v) is 2.17. The molecule has 1 heterocycles. The van der Waals surface area contributed by atoms with E-state index in [9.17, 15) is 9.59 Å². The number of hydroxylamine groups is 1. The molecular weight excluding hydrogens is 328 g/mol. The number of carbonyl (C=O) groups excluding carboxylic acids is 2. The molecule has 0 spiro atoms. The number of benzene rings is 1. The number of hydrogen-bond donors (Lipinski definition) is 1. The number of halogens is 1. The third-order valence-corrected chi connectivity index (χ3v) is 3.46. The van der Waals surface area contributed by atoms with Crippen LogP contribution in [0.4, 0.5) is 0 Å². The molecule has 1 N–H and O–H groups in total. The van der Waals surface area contributed by atoms with Crippen LogP contribution in [-0.2, 0) is 20.8 Å². The maximum Gasteiger partial charge on any atom is 0.355 e. The van der Waals surface area contributed by atoms with E-state index in [-0.39, 0.29) is 12.3 Å². The summed E-state index contributed by atoms with van der Waals surface area (Å²) in [5.74, 6) is -1.11. The Hall–Kier alpha value is -2.66. The quantitative estimate of drug-likeness (QED) is 0.668. The smallest absolute Gasteiger partial charge is 0.336 e. The van der Waals surface area contributed by atoms with Crippen molar-refractivity contribution in [2.75, 3.05) is 0 Å². The number of pyridine rings is 1. The van der Waals surface area contributed by atoms with Gasteiger partial charge >= 0.3 is 5.97 Å². The average molecular weight is 345 g/mol. The van der Waals surface area contributed by atoms with E-state index >= 15 is 0 Å². The van der Waals surface area contributed by atoms with Gasteiger partial charge in [0.25, 0.3) is 5.91 Å². The minimum atomic E-state index is -0.654. The third kappa shape index (κ3) is 5.85. The number of nitrogens with one attached hydrogen (secondary N) is 1. The molecule has 1 aromatic carbocycles. The fourth-order valence-electron chi connectivity index (χ4n) is 1.97. The molecule has 0 bridgehead atoms. The highest BCUT2D eigenvalue weighted by atomic mass is 35.5. The first-order valence-corrected chi connectivity index (χ1v) is 7.75. The van der Waals surface area contributed by atoms with Gasteiger partial charge in [0.2, 0.25) is 0 Å². The normalized spacial score (nSPS) is 11.9. The van der Waals surface area contributed by atoms with Gasteiger partial charge in [-0.1, -0.05) is 42.8 Å². The van der Waals surface area contributed by atoms with E-state index in [0.717, 1.165) is 5.56 Å². The van der Waals surface area contributed by atoms with Gasteiger partial charge in [-0.3, -0.25) is 9.78 Å². The van der Waals surface area contributed by atoms with Crippen molar-refractivity contribution < 1.29 is 14.4 Å². The minimum Gasteiger partial charge on any atom is -0.336 e. The molecule has 2 rings (SSSR count). The van der Waals surface area contributed by atoms with Crippen LogP contribution in [0.25, 0.3) is 0 Å². The molecule has 0 saturated heterocycles. The Balaban J connectivity index is 1.79. The SMILES string of the molecule is CC(C=CC(=O)ONC(=O)Cc1ccccn1)c1cccc(Cl)c1. The molecule has 124 valence electrons. The zero-order valence-electron chi connectivity index (χ0n) is 13.1. The van der Waals surface area contributed by atoms with Crippen LogP contribution in [0.3, 0.4) is 0 Å². The van der Waals surface area contributed by atoms with Crippen molar-refractivity contribution in [2.45, 2.75) is 19.3 Å². The van der Waals surface area contributed by atoms with Gasteiger partial charge in [0, 0.05) is 23.0 Å². The lowest BCUT2D eigenvalue weighted by Gasteiger charge is -2.07. The summed E-state index contributed by atoms with van der Waals surface area (Å²) >= 11 is 5.93. The lowest BCUT2D eigenvalue weighted by molar-refractivity contribution is -0.153. The number of hydrogen-bond acceptors (Lipinski definition) is 4. The molecule has 0 aliphatic heterocycles. The first-order valence-electron chi connectivity index (χ1n) is 7.38. The number of nitrogens with zero attached hydrogens (tertiary/aromatic N) is 1. The molecule has 6 heteroatoms. The van der Waals surface area contributed by atoms with E-state index in [2.05, 4.69) is 10.5 Å². The van der Waals surface area contributed by atoms with Crippen LogP contribution in [0.1, 0.15) is 24.1 Å². The zero-order chi connectivity index (χ0) is 17.4. The Labute approximate surface area is 145 Å². The average Bonchev–Trinajstić information content (AvgIpc) is 2.58. The van der Waals surface area contributed by atoms with Gasteiger partial charge in [0.15, 0.2) is 0 Å². The molecular formula is C18H17ClN2O3. The molecule has 1 unspecified atom stereocenters. The molecule has 1 atom stereocenters. The molecule has 0 aliphatic rings. The second-order valence-electron chi connectivity index (χ2n) is 5.15. The predicted molar refractivity (Wildman–Crippen MR) is 91.2 cm³/mol. The van der Waals surface area contributed by atoms with Crippen molar-refractivity contribution in [3.63, 3.8) is 0 Å². The summed E-state index contributed by atoms with van der Waals surface area (Å²) in [6.07, 6.45) is 4.58. The molecule has 1 amide bonds. The van der Waals surface area contributed by atoms with Crippen molar-refractivity contribution in [1.29, 1.82) is 0 Å². The Morgan fingerprint density at radius 2 is 2.12 bits per heavy atom. The van der Waals surface area contributed by atoms with Gasteiger partial charge in [0.05, 0.1) is 6.42 Å².